The number of carbonyl (C=O) groups excluding carboxylic acids is 1. The zero-order valence-corrected chi connectivity index (χ0v) is 15.9. The van der Waals surface area contributed by atoms with Gasteiger partial charge >= 0.3 is 0 Å². The molecule has 3 heterocycles. The number of aliphatic hydroxyl groups is 1. The number of piperidine rings is 1. The molecule has 0 aliphatic carbocycles. The number of carbonyl (C=O) groups is 1. The van der Waals surface area contributed by atoms with Gasteiger partial charge in [-0.05, 0) is 43.9 Å². The van der Waals surface area contributed by atoms with Crippen molar-refractivity contribution < 1.29 is 9.90 Å². The Hall–Kier alpha value is -1.92. The first kappa shape index (κ1) is 18.9. The van der Waals surface area contributed by atoms with Crippen molar-refractivity contribution in [3.05, 3.63) is 35.8 Å². The smallest absolute Gasteiger partial charge is 0.274 e. The van der Waals surface area contributed by atoms with Gasteiger partial charge in [-0.25, -0.2) is 4.98 Å². The minimum absolute atomic E-state index is 0.00660. The second kappa shape index (κ2) is 8.64. The first-order valence-corrected chi connectivity index (χ1v) is 9.68. The summed E-state index contributed by atoms with van der Waals surface area (Å²) in [7, 11) is 1.86. The molecule has 1 amide bonds. The van der Waals surface area contributed by atoms with E-state index in [1.54, 1.807) is 4.90 Å². The molecule has 1 saturated heterocycles. The quantitative estimate of drug-likeness (QED) is 0.826. The fourth-order valence-electron chi connectivity index (χ4n) is 3.70. The van der Waals surface area contributed by atoms with Crippen LogP contribution in [0.15, 0.2) is 24.4 Å². The molecule has 0 aromatic carbocycles. The lowest BCUT2D eigenvalue weighted by atomic mass is 9.99. The standard InChI is InChI=1S/C20H30N4O2/c1-3-4-10-22(2)20(26)19-17(24-12-6-5-9-18(24)21-19)14-23-11-7-8-16(13-23)15-25/h5-6,9,12,16,25H,3-4,7-8,10-11,13-15H2,1-2H3/t16-/m0/s1. The lowest BCUT2D eigenvalue weighted by molar-refractivity contribution is 0.0782. The molecule has 6 nitrogen and oxygen atoms in total. The molecule has 3 rings (SSSR count). The largest absolute Gasteiger partial charge is 0.396 e. The van der Waals surface area contributed by atoms with E-state index in [0.29, 0.717) is 18.2 Å². The minimum Gasteiger partial charge on any atom is -0.396 e. The molecule has 1 aliphatic heterocycles. The van der Waals surface area contributed by atoms with Crippen LogP contribution >= 0.6 is 0 Å². The third kappa shape index (κ3) is 4.07. The third-order valence-corrected chi connectivity index (χ3v) is 5.26. The van der Waals surface area contributed by atoms with E-state index in [2.05, 4.69) is 16.8 Å². The van der Waals surface area contributed by atoms with Crippen molar-refractivity contribution in [3.8, 4) is 0 Å². The molecule has 1 fully saturated rings. The highest BCUT2D eigenvalue weighted by molar-refractivity contribution is 5.94. The molecule has 1 atom stereocenters. The number of unbranched alkanes of at least 4 members (excludes halogenated alkanes) is 1. The van der Waals surface area contributed by atoms with Gasteiger partial charge in [-0.15, -0.1) is 0 Å². The molecule has 0 bridgehead atoms. The van der Waals surface area contributed by atoms with E-state index in [4.69, 9.17) is 0 Å². The van der Waals surface area contributed by atoms with Gasteiger partial charge in [-0.2, -0.15) is 0 Å². The maximum Gasteiger partial charge on any atom is 0.274 e. The van der Waals surface area contributed by atoms with Gasteiger partial charge in [0.15, 0.2) is 5.69 Å². The summed E-state index contributed by atoms with van der Waals surface area (Å²) in [5.74, 6) is 0.321. The summed E-state index contributed by atoms with van der Waals surface area (Å²) in [5, 5.41) is 9.50. The highest BCUT2D eigenvalue weighted by Crippen LogP contribution is 2.21. The number of nitrogens with zero attached hydrogens (tertiary/aromatic N) is 4. The molecule has 142 valence electrons. The molecule has 26 heavy (non-hydrogen) atoms. The molecule has 0 unspecified atom stereocenters. The van der Waals surface area contributed by atoms with Crippen molar-refractivity contribution in [3.63, 3.8) is 0 Å². The summed E-state index contributed by atoms with van der Waals surface area (Å²) < 4.78 is 2.03. The zero-order chi connectivity index (χ0) is 18.5. The van der Waals surface area contributed by atoms with E-state index >= 15 is 0 Å². The van der Waals surface area contributed by atoms with Gasteiger partial charge in [0.05, 0.1) is 5.69 Å². The molecule has 6 heteroatoms. The molecule has 1 N–H and O–H groups in total. The van der Waals surface area contributed by atoms with Gasteiger partial charge in [0.25, 0.3) is 5.91 Å². The average molecular weight is 358 g/mol. The number of hydrogen-bond donors (Lipinski definition) is 1. The summed E-state index contributed by atoms with van der Waals surface area (Å²) in [5.41, 5.74) is 2.32. The van der Waals surface area contributed by atoms with Gasteiger partial charge < -0.3 is 14.4 Å². The molecular formula is C20H30N4O2. The van der Waals surface area contributed by atoms with Crippen LogP contribution in [0.2, 0.25) is 0 Å². The Kier molecular flexibility index (Phi) is 6.27. The number of aromatic nitrogens is 2. The number of hydrogen-bond acceptors (Lipinski definition) is 4. The van der Waals surface area contributed by atoms with Crippen molar-refractivity contribution >= 4 is 11.6 Å². The Morgan fingerprint density at radius 3 is 3.04 bits per heavy atom. The maximum atomic E-state index is 13.0. The van der Waals surface area contributed by atoms with Crippen molar-refractivity contribution in [1.29, 1.82) is 0 Å². The van der Waals surface area contributed by atoms with Crippen molar-refractivity contribution in [1.82, 2.24) is 19.2 Å². The SMILES string of the molecule is CCCCN(C)C(=O)c1nc2ccccn2c1CN1CCC[C@H](CO)C1. The number of fused-ring (bicyclic) bond motifs is 1. The predicted octanol–water partition coefficient (Wildman–Crippen LogP) is 2.41. The van der Waals surface area contributed by atoms with Gasteiger partial charge in [0.1, 0.15) is 5.65 Å². The van der Waals surface area contributed by atoms with Crippen LogP contribution in [0, 0.1) is 5.92 Å². The van der Waals surface area contributed by atoms with Crippen LogP contribution in [0.1, 0.15) is 48.8 Å². The van der Waals surface area contributed by atoms with Crippen LogP contribution in [-0.4, -0.2) is 63.5 Å². The second-order valence-corrected chi connectivity index (χ2v) is 7.34. The topological polar surface area (TPSA) is 61.1 Å². The molecular weight excluding hydrogens is 328 g/mol. The molecule has 0 saturated carbocycles. The summed E-state index contributed by atoms with van der Waals surface area (Å²) in [6.45, 7) is 5.66. The van der Waals surface area contributed by atoms with E-state index in [1.807, 2.05) is 35.8 Å². The second-order valence-electron chi connectivity index (χ2n) is 7.34. The Morgan fingerprint density at radius 2 is 2.27 bits per heavy atom. The Morgan fingerprint density at radius 1 is 1.42 bits per heavy atom. The Labute approximate surface area is 155 Å². The Bertz CT molecular complexity index is 742. The van der Waals surface area contributed by atoms with E-state index < -0.39 is 0 Å². The zero-order valence-electron chi connectivity index (χ0n) is 15.9. The van der Waals surface area contributed by atoms with Crippen LogP contribution in [0.5, 0.6) is 0 Å². The molecule has 1 aliphatic rings. The van der Waals surface area contributed by atoms with Gasteiger partial charge in [0.2, 0.25) is 0 Å². The fraction of sp³-hybridized carbons (Fsp3) is 0.600. The highest BCUT2D eigenvalue weighted by Gasteiger charge is 2.25. The van der Waals surface area contributed by atoms with E-state index in [1.165, 1.54) is 0 Å². The summed E-state index contributed by atoms with van der Waals surface area (Å²) in [6.07, 6.45) is 6.20. The van der Waals surface area contributed by atoms with Crippen LogP contribution < -0.4 is 0 Å². The summed E-state index contributed by atoms with van der Waals surface area (Å²) in [4.78, 5) is 21.8. The van der Waals surface area contributed by atoms with E-state index in [0.717, 1.165) is 56.7 Å². The molecule has 2 aromatic heterocycles. The average Bonchev–Trinajstić information content (AvgIpc) is 3.04. The third-order valence-electron chi connectivity index (χ3n) is 5.26. The number of amides is 1. The van der Waals surface area contributed by atoms with Crippen LogP contribution in [0.25, 0.3) is 5.65 Å². The number of rotatable bonds is 7. The van der Waals surface area contributed by atoms with Crippen molar-refractivity contribution in [2.45, 2.75) is 39.2 Å². The predicted molar refractivity (Wildman–Crippen MR) is 102 cm³/mol. The molecule has 0 spiro atoms. The van der Waals surface area contributed by atoms with Gasteiger partial charge in [-0.1, -0.05) is 19.4 Å². The first-order chi connectivity index (χ1) is 12.6. The van der Waals surface area contributed by atoms with Gasteiger partial charge in [-0.3, -0.25) is 9.69 Å². The van der Waals surface area contributed by atoms with Crippen LogP contribution in [0.3, 0.4) is 0 Å². The number of likely N-dealkylation sites (tertiary alicyclic amines) is 1. The Balaban J connectivity index is 1.88. The first-order valence-electron chi connectivity index (χ1n) is 9.68. The molecule has 0 radical (unpaired) electrons. The highest BCUT2D eigenvalue weighted by atomic mass is 16.3. The number of imidazole rings is 1. The summed E-state index contributed by atoms with van der Waals surface area (Å²) >= 11 is 0. The monoisotopic (exact) mass is 358 g/mol. The van der Waals surface area contributed by atoms with Crippen molar-refractivity contribution in [2.75, 3.05) is 33.3 Å². The molecule has 2 aromatic rings. The van der Waals surface area contributed by atoms with E-state index in [9.17, 15) is 9.90 Å². The van der Waals surface area contributed by atoms with E-state index in [-0.39, 0.29) is 12.5 Å². The fourth-order valence-corrected chi connectivity index (χ4v) is 3.70. The lowest BCUT2D eigenvalue weighted by Crippen LogP contribution is -2.37. The van der Waals surface area contributed by atoms with Crippen LogP contribution in [0.4, 0.5) is 0 Å². The van der Waals surface area contributed by atoms with Gasteiger partial charge in [0, 0.05) is 39.5 Å². The maximum absolute atomic E-state index is 13.0. The number of aliphatic hydroxyl groups excluding tert-OH is 1. The van der Waals surface area contributed by atoms with Crippen LogP contribution in [-0.2, 0) is 6.54 Å². The lowest BCUT2D eigenvalue weighted by Gasteiger charge is -2.31. The number of pyridine rings is 1. The van der Waals surface area contributed by atoms with Crippen molar-refractivity contribution in [2.24, 2.45) is 5.92 Å². The minimum atomic E-state index is -0.00660. The summed E-state index contributed by atoms with van der Waals surface area (Å²) in [6, 6.07) is 5.86. The normalized spacial score (nSPS) is 18.3.